The smallest absolute Gasteiger partial charge is 0.293 e. The zero-order chi connectivity index (χ0) is 45.9. The number of H-pyrrole nitrogens is 1. The number of hydrogen-bond donors (Lipinski definition) is 3. The Morgan fingerprint density at radius 1 is 0.940 bits per heavy atom. The van der Waals surface area contributed by atoms with Crippen LogP contribution < -0.4 is 24.6 Å². The lowest BCUT2D eigenvalue weighted by Crippen LogP contribution is -2.55. The molecule has 6 aliphatic rings. The minimum Gasteiger partial charge on any atom is -0.470 e. The Bertz CT molecular complexity index is 2800. The molecule has 0 radical (unpaired) electrons. The summed E-state index contributed by atoms with van der Waals surface area (Å²) in [6, 6.07) is 22.7. The van der Waals surface area contributed by atoms with Crippen LogP contribution in [-0.4, -0.2) is 105 Å². The number of nitro benzene ring substituents is 1. The van der Waals surface area contributed by atoms with Crippen LogP contribution in [0.15, 0.2) is 83.9 Å². The molecule has 1 amide bonds. The number of nitrogens with zero attached hydrogens (tertiary/aromatic N) is 5. The number of aromatic amines is 1. The molecule has 67 heavy (non-hydrogen) atoms. The number of nitrogens with one attached hydrogen (secondary N) is 3. The maximum atomic E-state index is 14.6. The Morgan fingerprint density at radius 2 is 1.75 bits per heavy atom. The summed E-state index contributed by atoms with van der Waals surface area (Å²) in [4.78, 5) is 41.1. The number of fused-ring (bicyclic) bond motifs is 3. The number of aryl methyl sites for hydroxylation is 1. The normalized spacial score (nSPS) is 23.3. The second-order valence-electron chi connectivity index (χ2n) is 19.5. The quantitative estimate of drug-likeness (QED) is 0.0856. The average molecular weight is 931 g/mol. The maximum Gasteiger partial charge on any atom is 0.293 e. The summed E-state index contributed by atoms with van der Waals surface area (Å²) in [6.45, 7) is 7.65. The Kier molecular flexibility index (Phi) is 11.6. The summed E-state index contributed by atoms with van der Waals surface area (Å²) >= 11 is 0. The highest BCUT2D eigenvalue weighted by Crippen LogP contribution is 2.54. The molecule has 7 heterocycles. The fraction of sp³-hybridized carbons (Fsp3) is 0.480. The van der Waals surface area contributed by atoms with E-state index in [4.69, 9.17) is 19.2 Å². The van der Waals surface area contributed by atoms with Crippen molar-refractivity contribution >= 4 is 55.4 Å². The number of ether oxygens (including phenoxy) is 3. The first-order valence-electron chi connectivity index (χ1n) is 23.9. The van der Waals surface area contributed by atoms with Crippen LogP contribution in [0.3, 0.4) is 0 Å². The molecule has 1 aliphatic carbocycles. The third kappa shape index (κ3) is 8.37. The number of benzene rings is 3. The minimum atomic E-state index is -4.59. The molecule has 352 valence electrons. The number of anilines is 4. The first-order valence-corrected chi connectivity index (χ1v) is 25.4. The molecule has 5 aliphatic heterocycles. The molecule has 3 N–H and O–H groups in total. The molecule has 11 rings (SSSR count). The molecule has 17 heteroatoms. The first kappa shape index (κ1) is 43.8. The van der Waals surface area contributed by atoms with Gasteiger partial charge in [0.1, 0.15) is 23.1 Å². The summed E-state index contributed by atoms with van der Waals surface area (Å²) in [7, 11) is -4.59. The lowest BCUT2D eigenvalue weighted by molar-refractivity contribution is -0.384. The van der Waals surface area contributed by atoms with Gasteiger partial charge < -0.3 is 34.3 Å². The summed E-state index contributed by atoms with van der Waals surface area (Å²) < 4.78 is 48.5. The number of aromatic nitrogens is 2. The molecule has 1 saturated carbocycles. The van der Waals surface area contributed by atoms with Crippen LogP contribution in [0.5, 0.6) is 5.88 Å². The number of hydrogen-bond acceptors (Lipinski definition) is 13. The van der Waals surface area contributed by atoms with Crippen LogP contribution in [0.25, 0.3) is 11.0 Å². The van der Waals surface area contributed by atoms with Gasteiger partial charge >= 0.3 is 0 Å². The van der Waals surface area contributed by atoms with Gasteiger partial charge in [-0.1, -0.05) is 24.3 Å². The number of piperidine rings is 1. The molecule has 4 saturated heterocycles. The number of amides is 1. The lowest BCUT2D eigenvalue weighted by atomic mass is 9.59. The van der Waals surface area contributed by atoms with E-state index in [9.17, 15) is 23.3 Å². The molecule has 0 unspecified atom stereocenters. The second-order valence-corrected chi connectivity index (χ2v) is 21.2. The van der Waals surface area contributed by atoms with E-state index in [2.05, 4.69) is 56.0 Å². The SMILES string of the molecule is Cc1ccccc1[C@@H]1CCCN1C1CC2(CCN(c3ccc(C(=O)NS(=O)(=O)c4ccc(NCC5CCOCC5)c([N+](=O)[O-])c4)c(N4c5cc6cc[nH]c6nc5O[C@H]5CCOC[C@H]54)c3)CC2)C1. The van der Waals surface area contributed by atoms with Crippen molar-refractivity contribution in [2.45, 2.75) is 93.8 Å². The Balaban J connectivity index is 0.879. The van der Waals surface area contributed by atoms with Crippen LogP contribution in [0, 0.1) is 28.4 Å². The molecule has 3 atom stereocenters. The number of sulfonamides is 1. The fourth-order valence-corrected chi connectivity index (χ4v) is 12.8. The van der Waals surface area contributed by atoms with Crippen molar-refractivity contribution in [2.75, 3.05) is 67.7 Å². The van der Waals surface area contributed by atoms with Crippen molar-refractivity contribution in [3.05, 3.63) is 106 Å². The van der Waals surface area contributed by atoms with Gasteiger partial charge in [0.25, 0.3) is 21.6 Å². The van der Waals surface area contributed by atoms with E-state index in [0.29, 0.717) is 79.8 Å². The largest absolute Gasteiger partial charge is 0.470 e. The van der Waals surface area contributed by atoms with Gasteiger partial charge in [0.2, 0.25) is 5.88 Å². The minimum absolute atomic E-state index is 0.118. The molecule has 0 bridgehead atoms. The monoisotopic (exact) mass is 930 g/mol. The van der Waals surface area contributed by atoms with E-state index >= 15 is 0 Å². The van der Waals surface area contributed by atoms with Crippen molar-refractivity contribution in [3.63, 3.8) is 0 Å². The molecular formula is C50H58N8O8S. The Labute approximate surface area is 390 Å². The zero-order valence-corrected chi connectivity index (χ0v) is 38.6. The van der Waals surface area contributed by atoms with Crippen molar-refractivity contribution in [2.24, 2.45) is 11.3 Å². The van der Waals surface area contributed by atoms with Gasteiger partial charge in [0.05, 0.1) is 40.3 Å². The highest BCUT2D eigenvalue weighted by atomic mass is 32.2. The zero-order valence-electron chi connectivity index (χ0n) is 37.8. The van der Waals surface area contributed by atoms with Crippen molar-refractivity contribution in [3.8, 4) is 5.88 Å². The van der Waals surface area contributed by atoms with Crippen LogP contribution in [-0.2, 0) is 19.5 Å². The van der Waals surface area contributed by atoms with Gasteiger partial charge in [-0.3, -0.25) is 19.8 Å². The van der Waals surface area contributed by atoms with Crippen LogP contribution in [0.4, 0.5) is 28.4 Å². The molecule has 3 aromatic carbocycles. The van der Waals surface area contributed by atoms with E-state index in [-0.39, 0.29) is 29.3 Å². The van der Waals surface area contributed by atoms with Crippen molar-refractivity contribution in [1.82, 2.24) is 19.6 Å². The third-order valence-electron chi connectivity index (χ3n) is 15.5. The van der Waals surface area contributed by atoms with Gasteiger partial charge in [0, 0.05) is 74.7 Å². The highest BCUT2D eigenvalue weighted by molar-refractivity contribution is 7.90. The summed E-state index contributed by atoms with van der Waals surface area (Å²) in [5, 5.41) is 16.3. The summed E-state index contributed by atoms with van der Waals surface area (Å²) in [5.41, 5.74) is 5.79. The first-order chi connectivity index (χ1) is 32.5. The van der Waals surface area contributed by atoms with Crippen LogP contribution >= 0.6 is 0 Å². The van der Waals surface area contributed by atoms with E-state index in [1.807, 2.05) is 35.4 Å². The maximum absolute atomic E-state index is 14.6. The van der Waals surface area contributed by atoms with Gasteiger partial charge in [-0.2, -0.15) is 4.98 Å². The second kappa shape index (κ2) is 17.7. The number of carbonyl (C=O) groups is 1. The van der Waals surface area contributed by atoms with Crippen LogP contribution in [0.2, 0.25) is 0 Å². The van der Waals surface area contributed by atoms with Crippen molar-refractivity contribution < 1.29 is 32.3 Å². The molecule has 5 aromatic rings. The summed E-state index contributed by atoms with van der Waals surface area (Å²) in [6.07, 6.45) is 10.7. The molecule has 5 fully saturated rings. The van der Waals surface area contributed by atoms with Crippen LogP contribution in [0.1, 0.15) is 85.3 Å². The number of carbonyl (C=O) groups excluding carboxylic acids is 1. The molecule has 2 aromatic heterocycles. The number of rotatable bonds is 11. The standard InChI is InChI=1S/C50H58N8O8S/c1-32-5-2-3-6-38(32)41-7-4-19-56(41)36-28-50(29-36)16-20-55(21-17-50)35-8-10-39(42(26-35)57-44-25-34-12-18-51-47(34)53-49(44)66-46-15-24-65-31-45(46)57)48(59)54-67(62,63)37-9-11-40(43(27-37)58(60)61)52-30-33-13-22-64-23-14-33/h2-3,5-6,8-12,18,25-27,33,36,41,45-46,52H,4,7,13-17,19-24,28-31H2,1H3,(H,51,53)(H,54,59)/t41-,45+,46-/m0/s1. The lowest BCUT2D eigenvalue weighted by Gasteiger charge is -2.56. The Morgan fingerprint density at radius 3 is 2.55 bits per heavy atom. The molecular weight excluding hydrogens is 873 g/mol. The van der Waals surface area contributed by atoms with Crippen molar-refractivity contribution in [1.29, 1.82) is 0 Å². The van der Waals surface area contributed by atoms with Gasteiger partial charge in [-0.15, -0.1) is 0 Å². The summed E-state index contributed by atoms with van der Waals surface area (Å²) in [5.74, 6) is -0.190. The van der Waals surface area contributed by atoms with Gasteiger partial charge in [-0.05, 0) is 130 Å². The molecule has 16 nitrogen and oxygen atoms in total. The predicted octanol–water partition coefficient (Wildman–Crippen LogP) is 8.01. The topological polar surface area (TPSA) is 184 Å². The number of likely N-dealkylation sites (tertiary alicyclic amines) is 1. The number of nitro groups is 1. The molecule has 1 spiro atoms. The van der Waals surface area contributed by atoms with Gasteiger partial charge in [-0.25, -0.2) is 13.1 Å². The van der Waals surface area contributed by atoms with Gasteiger partial charge in [0.15, 0.2) is 0 Å². The highest BCUT2D eigenvalue weighted by Gasteiger charge is 2.50. The van der Waals surface area contributed by atoms with E-state index in [1.54, 1.807) is 6.07 Å². The number of pyridine rings is 1. The predicted molar refractivity (Wildman–Crippen MR) is 255 cm³/mol. The fourth-order valence-electron chi connectivity index (χ4n) is 11.8. The van der Waals surface area contributed by atoms with E-state index in [1.165, 1.54) is 48.9 Å². The Hall–Kier alpha value is -5.75. The van der Waals surface area contributed by atoms with E-state index in [0.717, 1.165) is 62.5 Å². The average Bonchev–Trinajstić information content (AvgIpc) is 4.01. The third-order valence-corrected chi connectivity index (χ3v) is 16.9. The van der Waals surface area contributed by atoms with E-state index < -0.39 is 31.4 Å².